The lowest BCUT2D eigenvalue weighted by Gasteiger charge is -2.42. The molecule has 19 heavy (non-hydrogen) atoms. The van der Waals surface area contributed by atoms with Gasteiger partial charge >= 0.3 is 12.1 Å². The fourth-order valence-corrected chi connectivity index (χ4v) is 2.28. The van der Waals surface area contributed by atoms with Crippen molar-refractivity contribution in [1.29, 1.82) is 0 Å². The molecule has 1 saturated heterocycles. The standard InChI is InChI=1S/C13H21NO5/c1-5-13(10(16)17)9(15)7-6-8-14(13)11(18)19-12(2,3)4/h5-8H2,1-4H3,(H,16,17)/t13-/m0/s1. The summed E-state index contributed by atoms with van der Waals surface area (Å²) in [6, 6.07) is 0. The van der Waals surface area contributed by atoms with E-state index >= 15 is 0 Å². The minimum absolute atomic E-state index is 0.0421. The Morgan fingerprint density at radius 3 is 2.42 bits per heavy atom. The van der Waals surface area contributed by atoms with Gasteiger partial charge in [0.1, 0.15) is 5.60 Å². The average molecular weight is 271 g/mol. The molecule has 108 valence electrons. The lowest BCUT2D eigenvalue weighted by atomic mass is 9.83. The van der Waals surface area contributed by atoms with Gasteiger partial charge in [0.15, 0.2) is 5.78 Å². The Labute approximate surface area is 112 Å². The van der Waals surface area contributed by atoms with Crippen molar-refractivity contribution in [1.82, 2.24) is 4.90 Å². The number of carbonyl (C=O) groups is 3. The molecule has 1 atom stereocenters. The molecule has 0 bridgehead atoms. The Bertz CT molecular complexity index is 398. The first-order valence-corrected chi connectivity index (χ1v) is 6.42. The fourth-order valence-electron chi connectivity index (χ4n) is 2.28. The van der Waals surface area contributed by atoms with Crippen molar-refractivity contribution in [2.45, 2.75) is 58.1 Å². The van der Waals surface area contributed by atoms with E-state index in [1.807, 2.05) is 0 Å². The second kappa shape index (κ2) is 5.19. The van der Waals surface area contributed by atoms with Crippen molar-refractivity contribution >= 4 is 17.8 Å². The minimum Gasteiger partial charge on any atom is -0.479 e. The highest BCUT2D eigenvalue weighted by atomic mass is 16.6. The maximum absolute atomic E-state index is 12.1. The maximum Gasteiger partial charge on any atom is 0.411 e. The van der Waals surface area contributed by atoms with Crippen molar-refractivity contribution in [2.75, 3.05) is 6.54 Å². The van der Waals surface area contributed by atoms with Crippen LogP contribution in [0.25, 0.3) is 0 Å². The number of aliphatic carboxylic acids is 1. The van der Waals surface area contributed by atoms with Crippen LogP contribution in [0.2, 0.25) is 0 Å². The first-order chi connectivity index (χ1) is 8.65. The summed E-state index contributed by atoms with van der Waals surface area (Å²) in [6.45, 7) is 6.91. The van der Waals surface area contributed by atoms with E-state index in [1.54, 1.807) is 27.7 Å². The van der Waals surface area contributed by atoms with Crippen molar-refractivity contribution in [3.8, 4) is 0 Å². The lowest BCUT2D eigenvalue weighted by Crippen LogP contribution is -2.64. The van der Waals surface area contributed by atoms with E-state index in [0.29, 0.717) is 6.42 Å². The van der Waals surface area contributed by atoms with Gasteiger partial charge in [0, 0.05) is 13.0 Å². The molecule has 0 aliphatic carbocycles. The van der Waals surface area contributed by atoms with Gasteiger partial charge in [-0.1, -0.05) is 6.92 Å². The SMILES string of the molecule is CC[C@@]1(C(=O)O)C(=O)CCCN1C(=O)OC(C)(C)C. The Morgan fingerprint density at radius 2 is 2.00 bits per heavy atom. The average Bonchev–Trinajstić information content (AvgIpc) is 2.26. The van der Waals surface area contributed by atoms with Crippen LogP contribution in [0.1, 0.15) is 47.0 Å². The second-order valence-corrected chi connectivity index (χ2v) is 5.68. The number of hydrogen-bond donors (Lipinski definition) is 1. The molecule has 0 radical (unpaired) electrons. The molecule has 0 unspecified atom stereocenters. The minimum atomic E-state index is -1.78. The molecule has 0 aromatic carbocycles. The van der Waals surface area contributed by atoms with E-state index in [4.69, 9.17) is 4.74 Å². The zero-order valence-electron chi connectivity index (χ0n) is 11.9. The number of rotatable bonds is 2. The zero-order valence-corrected chi connectivity index (χ0v) is 11.9. The Balaban J connectivity index is 3.11. The van der Waals surface area contributed by atoms with Gasteiger partial charge in [-0.05, 0) is 33.6 Å². The molecular weight excluding hydrogens is 250 g/mol. The van der Waals surface area contributed by atoms with Crippen molar-refractivity contribution in [2.24, 2.45) is 0 Å². The van der Waals surface area contributed by atoms with Crippen LogP contribution in [0.4, 0.5) is 4.79 Å². The number of carbonyl (C=O) groups excluding carboxylic acids is 2. The topological polar surface area (TPSA) is 83.9 Å². The molecular formula is C13H21NO5. The summed E-state index contributed by atoms with van der Waals surface area (Å²) >= 11 is 0. The Hall–Kier alpha value is -1.59. The highest BCUT2D eigenvalue weighted by molar-refractivity contribution is 6.10. The molecule has 1 aliphatic heterocycles. The third kappa shape index (κ3) is 2.88. The van der Waals surface area contributed by atoms with Crippen LogP contribution >= 0.6 is 0 Å². The van der Waals surface area contributed by atoms with E-state index in [0.717, 1.165) is 4.90 Å². The number of nitrogens with zero attached hydrogens (tertiary/aromatic N) is 1. The van der Waals surface area contributed by atoms with Gasteiger partial charge in [0.2, 0.25) is 5.54 Å². The molecule has 1 amide bonds. The number of ether oxygens (including phenoxy) is 1. The molecule has 1 rings (SSSR count). The van der Waals surface area contributed by atoms with Gasteiger partial charge in [-0.3, -0.25) is 9.69 Å². The molecule has 6 nitrogen and oxygen atoms in total. The molecule has 1 aliphatic rings. The summed E-state index contributed by atoms with van der Waals surface area (Å²) in [5.41, 5.74) is -2.50. The van der Waals surface area contributed by atoms with Crippen LogP contribution in [0.15, 0.2) is 0 Å². The smallest absolute Gasteiger partial charge is 0.411 e. The second-order valence-electron chi connectivity index (χ2n) is 5.68. The molecule has 0 saturated carbocycles. The van der Waals surface area contributed by atoms with Crippen LogP contribution in [-0.4, -0.2) is 45.5 Å². The summed E-state index contributed by atoms with van der Waals surface area (Å²) in [7, 11) is 0. The first kappa shape index (κ1) is 15.5. The third-order valence-corrected chi connectivity index (χ3v) is 3.19. The summed E-state index contributed by atoms with van der Waals surface area (Å²) in [5, 5.41) is 9.41. The summed E-state index contributed by atoms with van der Waals surface area (Å²) in [5.74, 6) is -1.72. The first-order valence-electron chi connectivity index (χ1n) is 6.42. The molecule has 0 aromatic rings. The van der Waals surface area contributed by atoms with Crippen molar-refractivity contribution < 1.29 is 24.2 Å². The van der Waals surface area contributed by atoms with Gasteiger partial charge in [-0.25, -0.2) is 9.59 Å². The van der Waals surface area contributed by atoms with E-state index in [1.165, 1.54) is 0 Å². The molecule has 0 spiro atoms. The van der Waals surface area contributed by atoms with E-state index in [9.17, 15) is 19.5 Å². The van der Waals surface area contributed by atoms with Gasteiger partial charge in [0.25, 0.3) is 0 Å². The number of ketones is 1. The third-order valence-electron chi connectivity index (χ3n) is 3.19. The summed E-state index contributed by atoms with van der Waals surface area (Å²) < 4.78 is 5.20. The van der Waals surface area contributed by atoms with Crippen LogP contribution in [0.5, 0.6) is 0 Å². The monoisotopic (exact) mass is 271 g/mol. The predicted molar refractivity (Wildman–Crippen MR) is 67.8 cm³/mol. The predicted octanol–water partition coefficient (Wildman–Crippen LogP) is 1.82. The number of hydrogen-bond acceptors (Lipinski definition) is 4. The number of likely N-dealkylation sites (tertiary alicyclic amines) is 1. The highest BCUT2D eigenvalue weighted by Crippen LogP contribution is 2.30. The van der Waals surface area contributed by atoms with E-state index in [-0.39, 0.29) is 19.4 Å². The number of piperidine rings is 1. The van der Waals surface area contributed by atoms with Crippen LogP contribution < -0.4 is 0 Å². The van der Waals surface area contributed by atoms with E-state index in [2.05, 4.69) is 0 Å². The number of amides is 1. The van der Waals surface area contributed by atoms with Crippen LogP contribution in [0.3, 0.4) is 0 Å². The molecule has 1 N–H and O–H groups in total. The van der Waals surface area contributed by atoms with Gasteiger partial charge in [0.05, 0.1) is 0 Å². The molecule has 0 aromatic heterocycles. The number of carboxylic acids is 1. The quantitative estimate of drug-likeness (QED) is 0.774. The van der Waals surface area contributed by atoms with Crippen molar-refractivity contribution in [3.63, 3.8) is 0 Å². The van der Waals surface area contributed by atoms with Gasteiger partial charge in [-0.2, -0.15) is 0 Å². The zero-order chi connectivity index (χ0) is 14.8. The summed E-state index contributed by atoms with van der Waals surface area (Å²) in [6.07, 6.45) is -0.0581. The molecule has 1 fully saturated rings. The van der Waals surface area contributed by atoms with Gasteiger partial charge < -0.3 is 9.84 Å². The number of carboxylic acid groups (broad SMARTS) is 1. The van der Waals surface area contributed by atoms with Crippen LogP contribution in [0, 0.1) is 0 Å². The normalized spacial score (nSPS) is 24.2. The molecule has 6 heteroatoms. The van der Waals surface area contributed by atoms with Gasteiger partial charge in [-0.15, -0.1) is 0 Å². The Morgan fingerprint density at radius 1 is 1.42 bits per heavy atom. The van der Waals surface area contributed by atoms with Crippen molar-refractivity contribution in [3.05, 3.63) is 0 Å². The van der Waals surface area contributed by atoms with Crippen LogP contribution in [-0.2, 0) is 14.3 Å². The highest BCUT2D eigenvalue weighted by Gasteiger charge is 2.54. The fraction of sp³-hybridized carbons (Fsp3) is 0.769. The Kier molecular flexibility index (Phi) is 4.22. The maximum atomic E-state index is 12.1. The molecule has 1 heterocycles. The summed E-state index contributed by atoms with van der Waals surface area (Å²) in [4.78, 5) is 36.8. The lowest BCUT2D eigenvalue weighted by molar-refractivity contribution is -0.160. The largest absolute Gasteiger partial charge is 0.479 e. The number of Topliss-reactive ketones (excluding diaryl/α,β-unsaturated/α-hetero) is 1. The van der Waals surface area contributed by atoms with E-state index < -0.39 is 29.0 Å².